The van der Waals surface area contributed by atoms with Crippen molar-refractivity contribution in [1.82, 2.24) is 0 Å². The smallest absolute Gasteiger partial charge is 0.258 e. The number of hydrogen-bond donors (Lipinski definition) is 2. The molecule has 2 aromatic carbocycles. The van der Waals surface area contributed by atoms with Gasteiger partial charge in [-0.2, -0.15) is 0 Å². The first-order valence-corrected chi connectivity index (χ1v) is 7.26. The summed E-state index contributed by atoms with van der Waals surface area (Å²) in [6.07, 6.45) is 0. The van der Waals surface area contributed by atoms with Crippen molar-refractivity contribution in [2.24, 2.45) is 5.92 Å². The van der Waals surface area contributed by atoms with Gasteiger partial charge in [0, 0.05) is 11.6 Å². The van der Waals surface area contributed by atoms with Crippen LogP contribution in [-0.2, 0) is 4.79 Å². The van der Waals surface area contributed by atoms with Crippen LogP contribution in [-0.4, -0.2) is 11.8 Å². The van der Waals surface area contributed by atoms with E-state index in [0.717, 1.165) is 11.3 Å². The Kier molecular flexibility index (Phi) is 4.94. The third kappa shape index (κ3) is 3.73. The summed E-state index contributed by atoms with van der Waals surface area (Å²) in [6, 6.07) is 14.7. The predicted octanol–water partition coefficient (Wildman–Crippen LogP) is 3.84. The van der Waals surface area contributed by atoms with E-state index in [-0.39, 0.29) is 17.7 Å². The molecular weight excluding hydrogens is 276 g/mol. The Morgan fingerprint density at radius 3 is 2.23 bits per heavy atom. The average Bonchev–Trinajstić information content (AvgIpc) is 2.48. The molecule has 0 aromatic heterocycles. The number of carbonyl (C=O) groups excluding carboxylic acids is 2. The van der Waals surface area contributed by atoms with E-state index in [2.05, 4.69) is 10.6 Å². The summed E-state index contributed by atoms with van der Waals surface area (Å²) in [5, 5.41) is 5.67. The first-order chi connectivity index (χ1) is 10.5. The molecular formula is C18H20N2O2. The maximum absolute atomic E-state index is 12.5. The Hall–Kier alpha value is -2.62. The van der Waals surface area contributed by atoms with Crippen LogP contribution in [0.1, 0.15) is 29.8 Å². The molecule has 2 N–H and O–H groups in total. The molecule has 0 spiro atoms. The normalized spacial score (nSPS) is 10.4. The molecule has 0 heterocycles. The lowest BCUT2D eigenvalue weighted by atomic mass is 10.0. The summed E-state index contributed by atoms with van der Waals surface area (Å²) in [4.78, 5) is 24.5. The molecule has 4 nitrogen and oxygen atoms in total. The topological polar surface area (TPSA) is 58.2 Å². The van der Waals surface area contributed by atoms with Crippen molar-refractivity contribution in [2.45, 2.75) is 20.8 Å². The Balaban J connectivity index is 2.29. The van der Waals surface area contributed by atoms with Crippen molar-refractivity contribution in [3.8, 4) is 0 Å². The number of hydrogen-bond acceptors (Lipinski definition) is 2. The predicted molar refractivity (Wildman–Crippen MR) is 89.0 cm³/mol. The highest BCUT2D eigenvalue weighted by Crippen LogP contribution is 2.22. The van der Waals surface area contributed by atoms with E-state index < -0.39 is 0 Å². The summed E-state index contributed by atoms with van der Waals surface area (Å²) in [5.74, 6) is -0.492. The highest BCUT2D eigenvalue weighted by Gasteiger charge is 2.17. The molecule has 0 atom stereocenters. The summed E-state index contributed by atoms with van der Waals surface area (Å²) in [5.41, 5.74) is 2.55. The van der Waals surface area contributed by atoms with E-state index in [1.807, 2.05) is 63.2 Å². The number of carbonyl (C=O) groups is 2. The zero-order chi connectivity index (χ0) is 16.1. The monoisotopic (exact) mass is 296 g/mol. The number of nitrogens with one attached hydrogen (secondary N) is 2. The number of para-hydroxylation sites is 1. The van der Waals surface area contributed by atoms with Gasteiger partial charge in [0.25, 0.3) is 5.91 Å². The fourth-order valence-electron chi connectivity index (χ4n) is 2.07. The quantitative estimate of drug-likeness (QED) is 0.900. The van der Waals surface area contributed by atoms with Crippen LogP contribution in [0.5, 0.6) is 0 Å². The van der Waals surface area contributed by atoms with Crippen molar-refractivity contribution in [2.75, 3.05) is 10.6 Å². The summed E-state index contributed by atoms with van der Waals surface area (Å²) in [7, 11) is 0. The molecule has 114 valence electrons. The lowest BCUT2D eigenvalue weighted by molar-refractivity contribution is -0.118. The maximum Gasteiger partial charge on any atom is 0.258 e. The Labute approximate surface area is 130 Å². The summed E-state index contributed by atoms with van der Waals surface area (Å²) < 4.78 is 0. The van der Waals surface area contributed by atoms with Gasteiger partial charge < -0.3 is 10.6 Å². The summed E-state index contributed by atoms with van der Waals surface area (Å²) in [6.45, 7) is 5.48. The minimum atomic E-state index is -0.233. The molecule has 22 heavy (non-hydrogen) atoms. The van der Waals surface area contributed by atoms with E-state index in [9.17, 15) is 9.59 Å². The van der Waals surface area contributed by atoms with Crippen molar-refractivity contribution < 1.29 is 9.59 Å². The molecule has 2 rings (SSSR count). The van der Waals surface area contributed by atoms with Crippen molar-refractivity contribution in [3.63, 3.8) is 0 Å². The van der Waals surface area contributed by atoms with Gasteiger partial charge in [-0.1, -0.05) is 44.2 Å². The van der Waals surface area contributed by atoms with Gasteiger partial charge in [-0.25, -0.2) is 0 Å². The molecule has 0 aliphatic heterocycles. The van der Waals surface area contributed by atoms with Gasteiger partial charge in [0.1, 0.15) is 0 Å². The second-order valence-corrected chi connectivity index (χ2v) is 5.46. The zero-order valence-electron chi connectivity index (χ0n) is 13.0. The van der Waals surface area contributed by atoms with Gasteiger partial charge in [0.05, 0.1) is 11.3 Å². The van der Waals surface area contributed by atoms with Crippen LogP contribution in [0.15, 0.2) is 48.5 Å². The molecule has 0 bridgehead atoms. The maximum atomic E-state index is 12.5. The molecule has 4 heteroatoms. The standard InChI is InChI=1S/C18H20N2O2/c1-12(2)17(21)20-15-11-7-8-13(3)16(15)18(22)19-14-9-5-4-6-10-14/h4-12H,1-3H3,(H,19,22)(H,20,21). The van der Waals surface area contributed by atoms with Crippen LogP contribution in [0, 0.1) is 12.8 Å². The molecule has 0 aliphatic carbocycles. The minimum Gasteiger partial charge on any atom is -0.325 e. The number of amides is 2. The second-order valence-electron chi connectivity index (χ2n) is 5.46. The van der Waals surface area contributed by atoms with Crippen LogP contribution in [0.4, 0.5) is 11.4 Å². The summed E-state index contributed by atoms with van der Waals surface area (Å²) >= 11 is 0. The molecule has 0 aliphatic rings. The van der Waals surface area contributed by atoms with Crippen molar-refractivity contribution >= 4 is 23.2 Å². The lowest BCUT2D eigenvalue weighted by Gasteiger charge is -2.15. The van der Waals surface area contributed by atoms with Crippen molar-refractivity contribution in [3.05, 3.63) is 59.7 Å². The highest BCUT2D eigenvalue weighted by atomic mass is 16.2. The lowest BCUT2D eigenvalue weighted by Crippen LogP contribution is -2.22. The Bertz CT molecular complexity index is 679. The van der Waals surface area contributed by atoms with Crippen molar-refractivity contribution in [1.29, 1.82) is 0 Å². The van der Waals surface area contributed by atoms with Crippen LogP contribution in [0.25, 0.3) is 0 Å². The number of anilines is 2. The number of aryl methyl sites for hydroxylation is 1. The van der Waals surface area contributed by atoms with Crippen LogP contribution in [0.3, 0.4) is 0 Å². The van der Waals surface area contributed by atoms with Gasteiger partial charge in [0.2, 0.25) is 5.91 Å². The van der Waals surface area contributed by atoms with E-state index in [1.54, 1.807) is 6.07 Å². The first kappa shape index (κ1) is 15.8. The van der Waals surface area contributed by atoms with Crippen LogP contribution < -0.4 is 10.6 Å². The van der Waals surface area contributed by atoms with Gasteiger partial charge in [0.15, 0.2) is 0 Å². The van der Waals surface area contributed by atoms with Gasteiger partial charge >= 0.3 is 0 Å². The average molecular weight is 296 g/mol. The molecule has 0 radical (unpaired) electrons. The van der Waals surface area contributed by atoms with Gasteiger partial charge in [-0.3, -0.25) is 9.59 Å². The molecule has 2 aromatic rings. The molecule has 0 fully saturated rings. The van der Waals surface area contributed by atoms with Gasteiger partial charge in [-0.05, 0) is 30.7 Å². The molecule has 2 amide bonds. The SMILES string of the molecule is Cc1cccc(NC(=O)C(C)C)c1C(=O)Nc1ccccc1. The van der Waals surface area contributed by atoms with Crippen LogP contribution >= 0.6 is 0 Å². The fourth-order valence-corrected chi connectivity index (χ4v) is 2.07. The number of benzene rings is 2. The molecule has 0 saturated heterocycles. The van der Waals surface area contributed by atoms with E-state index in [4.69, 9.17) is 0 Å². The minimum absolute atomic E-state index is 0.112. The molecule has 0 saturated carbocycles. The van der Waals surface area contributed by atoms with E-state index >= 15 is 0 Å². The Morgan fingerprint density at radius 2 is 1.59 bits per heavy atom. The first-order valence-electron chi connectivity index (χ1n) is 7.26. The van der Waals surface area contributed by atoms with E-state index in [1.165, 1.54) is 0 Å². The Morgan fingerprint density at radius 1 is 0.909 bits per heavy atom. The van der Waals surface area contributed by atoms with Crippen LogP contribution in [0.2, 0.25) is 0 Å². The second kappa shape index (κ2) is 6.89. The third-order valence-corrected chi connectivity index (χ3v) is 3.31. The molecule has 0 unspecified atom stereocenters. The third-order valence-electron chi connectivity index (χ3n) is 3.31. The fraction of sp³-hybridized carbons (Fsp3) is 0.222. The van der Waals surface area contributed by atoms with Gasteiger partial charge in [-0.15, -0.1) is 0 Å². The number of rotatable bonds is 4. The van der Waals surface area contributed by atoms with E-state index in [0.29, 0.717) is 11.3 Å². The highest BCUT2D eigenvalue weighted by molar-refractivity contribution is 6.11. The zero-order valence-corrected chi connectivity index (χ0v) is 13.0. The largest absolute Gasteiger partial charge is 0.325 e.